The Hall–Kier alpha value is -3.02. The zero-order chi connectivity index (χ0) is 16.4. The number of rotatable bonds is 1. The van der Waals surface area contributed by atoms with Crippen molar-refractivity contribution < 1.29 is 4.74 Å². The molecule has 0 saturated heterocycles. The van der Waals surface area contributed by atoms with Crippen molar-refractivity contribution in [2.75, 3.05) is 6.61 Å². The summed E-state index contributed by atoms with van der Waals surface area (Å²) in [5, 5.41) is 10.4. The lowest BCUT2D eigenvalue weighted by atomic mass is 10.1. The van der Waals surface area contributed by atoms with Gasteiger partial charge in [-0.25, -0.2) is 9.97 Å². The summed E-state index contributed by atoms with van der Waals surface area (Å²) in [6.45, 7) is 1.41. The third kappa shape index (κ3) is 2.38. The standard InChI is InChI=1S/C15H9ClN4O.C2H2/c16-15-18-7-9(6-17)13(19-15)11-8-20-4-5-21-12-3-1-2-10(11)14(12)20;1-2/h1-3,7-8H,4-5H2;1-2H. The fraction of sp³-hybridized carbons (Fsp3) is 0.118. The molecule has 5 nitrogen and oxygen atoms in total. The van der Waals surface area contributed by atoms with E-state index < -0.39 is 0 Å². The van der Waals surface area contributed by atoms with Gasteiger partial charge in [0, 0.05) is 17.1 Å². The summed E-state index contributed by atoms with van der Waals surface area (Å²) < 4.78 is 7.81. The Morgan fingerprint density at radius 1 is 1.35 bits per heavy atom. The molecule has 0 atom stereocenters. The Labute approximate surface area is 138 Å². The molecule has 6 heteroatoms. The van der Waals surface area contributed by atoms with Crippen molar-refractivity contribution in [1.82, 2.24) is 14.5 Å². The normalized spacial score (nSPS) is 11.9. The summed E-state index contributed by atoms with van der Waals surface area (Å²) in [5.74, 6) is 0.851. The third-order valence-electron chi connectivity index (χ3n) is 3.59. The van der Waals surface area contributed by atoms with Crippen molar-refractivity contribution in [3.63, 3.8) is 0 Å². The molecule has 4 rings (SSSR count). The van der Waals surface area contributed by atoms with E-state index in [4.69, 9.17) is 16.3 Å². The van der Waals surface area contributed by atoms with Crippen LogP contribution in [0.2, 0.25) is 5.28 Å². The minimum absolute atomic E-state index is 0.132. The molecule has 0 N–H and O–H groups in total. The topological polar surface area (TPSA) is 63.7 Å². The second-order valence-electron chi connectivity index (χ2n) is 4.75. The van der Waals surface area contributed by atoms with Crippen LogP contribution in [-0.4, -0.2) is 21.1 Å². The maximum atomic E-state index is 9.27. The molecule has 112 valence electrons. The smallest absolute Gasteiger partial charge is 0.222 e. The third-order valence-corrected chi connectivity index (χ3v) is 3.77. The number of hydrogen-bond donors (Lipinski definition) is 0. The molecule has 1 aliphatic heterocycles. The summed E-state index contributed by atoms with van der Waals surface area (Å²) in [6.07, 6.45) is 11.4. The van der Waals surface area contributed by atoms with Crippen LogP contribution in [0.4, 0.5) is 0 Å². The molecular weight excluding hydrogens is 312 g/mol. The minimum atomic E-state index is 0.132. The van der Waals surface area contributed by atoms with Crippen molar-refractivity contribution in [3.8, 4) is 35.9 Å². The average molecular weight is 323 g/mol. The molecule has 0 fully saturated rings. The van der Waals surface area contributed by atoms with Gasteiger partial charge < -0.3 is 9.30 Å². The largest absolute Gasteiger partial charge is 0.490 e. The van der Waals surface area contributed by atoms with E-state index in [0.29, 0.717) is 17.9 Å². The first-order chi connectivity index (χ1) is 11.3. The number of ether oxygens (including phenoxy) is 1. The van der Waals surface area contributed by atoms with Crippen molar-refractivity contribution in [2.24, 2.45) is 0 Å². The molecule has 3 heterocycles. The first kappa shape index (κ1) is 14.9. The second-order valence-corrected chi connectivity index (χ2v) is 5.09. The van der Waals surface area contributed by atoms with Gasteiger partial charge in [-0.2, -0.15) is 5.26 Å². The van der Waals surface area contributed by atoms with Gasteiger partial charge in [0.1, 0.15) is 18.4 Å². The highest BCUT2D eigenvalue weighted by molar-refractivity contribution is 6.28. The summed E-state index contributed by atoms with van der Waals surface area (Å²) in [7, 11) is 0. The predicted molar refractivity (Wildman–Crippen MR) is 88.1 cm³/mol. The quantitative estimate of drug-likeness (QED) is 0.509. The minimum Gasteiger partial charge on any atom is -0.490 e. The SMILES string of the molecule is C#C.N#Cc1cnc(Cl)nc1-c1cn2c3c(cccc13)OCC2. The van der Waals surface area contributed by atoms with E-state index in [0.717, 1.165) is 28.8 Å². The second kappa shape index (κ2) is 6.00. The lowest BCUT2D eigenvalue weighted by Gasteiger charge is -2.16. The Bertz CT molecular complexity index is 952. The van der Waals surface area contributed by atoms with Crippen molar-refractivity contribution in [1.29, 1.82) is 5.26 Å². The van der Waals surface area contributed by atoms with E-state index in [9.17, 15) is 5.26 Å². The Morgan fingerprint density at radius 2 is 2.17 bits per heavy atom. The van der Waals surface area contributed by atoms with Gasteiger partial charge in [-0.15, -0.1) is 12.8 Å². The number of benzene rings is 1. The molecule has 0 amide bonds. The van der Waals surface area contributed by atoms with E-state index in [1.165, 1.54) is 6.20 Å². The van der Waals surface area contributed by atoms with Crippen LogP contribution in [0.25, 0.3) is 22.2 Å². The number of nitriles is 1. The number of para-hydroxylation sites is 1. The van der Waals surface area contributed by atoms with Crippen molar-refractivity contribution in [2.45, 2.75) is 6.54 Å². The molecule has 1 aromatic carbocycles. The van der Waals surface area contributed by atoms with E-state index in [2.05, 4.69) is 33.5 Å². The molecule has 1 aliphatic rings. The zero-order valence-corrected chi connectivity index (χ0v) is 12.8. The summed E-state index contributed by atoms with van der Waals surface area (Å²) in [5.41, 5.74) is 2.86. The number of halogens is 1. The van der Waals surface area contributed by atoms with Gasteiger partial charge in [-0.05, 0) is 17.7 Å². The van der Waals surface area contributed by atoms with E-state index in [1.54, 1.807) is 0 Å². The van der Waals surface area contributed by atoms with Crippen LogP contribution in [0.5, 0.6) is 5.75 Å². The molecule has 0 aliphatic carbocycles. The molecule has 0 unspecified atom stereocenters. The van der Waals surface area contributed by atoms with Crippen LogP contribution >= 0.6 is 11.6 Å². The monoisotopic (exact) mass is 322 g/mol. The fourth-order valence-electron chi connectivity index (χ4n) is 2.71. The van der Waals surface area contributed by atoms with Gasteiger partial charge >= 0.3 is 0 Å². The fourth-order valence-corrected chi connectivity index (χ4v) is 2.84. The van der Waals surface area contributed by atoms with Crippen LogP contribution in [0.15, 0.2) is 30.6 Å². The average Bonchev–Trinajstić information content (AvgIpc) is 2.98. The lowest BCUT2D eigenvalue weighted by molar-refractivity contribution is 0.287. The number of hydrogen-bond acceptors (Lipinski definition) is 4. The van der Waals surface area contributed by atoms with E-state index in [-0.39, 0.29) is 5.28 Å². The van der Waals surface area contributed by atoms with Gasteiger partial charge in [-0.1, -0.05) is 12.1 Å². The highest BCUT2D eigenvalue weighted by atomic mass is 35.5. The first-order valence-corrected chi connectivity index (χ1v) is 7.17. The number of nitrogens with zero attached hydrogens (tertiary/aromatic N) is 4. The van der Waals surface area contributed by atoms with Gasteiger partial charge in [0.05, 0.1) is 29.5 Å². The Kier molecular flexibility index (Phi) is 3.89. The maximum Gasteiger partial charge on any atom is 0.222 e. The van der Waals surface area contributed by atoms with Crippen LogP contribution in [0.3, 0.4) is 0 Å². The lowest BCUT2D eigenvalue weighted by Crippen LogP contribution is -2.12. The molecule has 0 bridgehead atoms. The molecular formula is C17H11ClN4O. The maximum absolute atomic E-state index is 9.27. The molecule has 0 radical (unpaired) electrons. The zero-order valence-electron chi connectivity index (χ0n) is 12.0. The van der Waals surface area contributed by atoms with Crippen LogP contribution < -0.4 is 4.74 Å². The Balaban J connectivity index is 0.000000753. The van der Waals surface area contributed by atoms with Gasteiger partial charge in [-0.3, -0.25) is 0 Å². The highest BCUT2D eigenvalue weighted by Gasteiger charge is 2.20. The van der Waals surface area contributed by atoms with Crippen molar-refractivity contribution >= 4 is 22.5 Å². The summed E-state index contributed by atoms with van der Waals surface area (Å²) >= 11 is 5.90. The van der Waals surface area contributed by atoms with Crippen LogP contribution in [0, 0.1) is 24.2 Å². The van der Waals surface area contributed by atoms with Crippen LogP contribution in [0.1, 0.15) is 5.56 Å². The van der Waals surface area contributed by atoms with Gasteiger partial charge in [0.15, 0.2) is 0 Å². The Morgan fingerprint density at radius 3 is 2.96 bits per heavy atom. The number of terminal acetylenes is 1. The highest BCUT2D eigenvalue weighted by Crippen LogP contribution is 2.37. The van der Waals surface area contributed by atoms with Gasteiger partial charge in [0.2, 0.25) is 5.28 Å². The molecule has 23 heavy (non-hydrogen) atoms. The predicted octanol–water partition coefficient (Wildman–Crippen LogP) is 3.27. The van der Waals surface area contributed by atoms with Crippen LogP contribution in [-0.2, 0) is 6.54 Å². The molecule has 2 aromatic heterocycles. The summed E-state index contributed by atoms with van der Waals surface area (Å²) in [4.78, 5) is 8.11. The molecule has 3 aromatic rings. The van der Waals surface area contributed by atoms with Gasteiger partial charge in [0.25, 0.3) is 0 Å². The van der Waals surface area contributed by atoms with E-state index >= 15 is 0 Å². The molecule has 0 saturated carbocycles. The van der Waals surface area contributed by atoms with Crippen molar-refractivity contribution in [3.05, 3.63) is 41.4 Å². The molecule has 0 spiro atoms. The van der Waals surface area contributed by atoms with E-state index in [1.807, 2.05) is 24.4 Å². The summed E-state index contributed by atoms with van der Waals surface area (Å²) in [6, 6.07) is 8.00. The number of aromatic nitrogens is 3. The first-order valence-electron chi connectivity index (χ1n) is 6.79.